The van der Waals surface area contributed by atoms with E-state index >= 15 is 0 Å². The van der Waals surface area contributed by atoms with E-state index in [2.05, 4.69) is 50.1 Å². The van der Waals surface area contributed by atoms with Crippen molar-refractivity contribution in [1.82, 2.24) is 15.1 Å². The zero-order valence-corrected chi connectivity index (χ0v) is 13.1. The lowest BCUT2D eigenvalue weighted by molar-refractivity contribution is 0.180. The molecule has 1 aliphatic rings. The Morgan fingerprint density at radius 1 is 1.17 bits per heavy atom. The van der Waals surface area contributed by atoms with Crippen molar-refractivity contribution in [3.8, 4) is 0 Å². The largest absolute Gasteiger partial charge is 0.317 e. The van der Waals surface area contributed by atoms with Crippen LogP contribution in [0.1, 0.15) is 33.1 Å². The summed E-state index contributed by atoms with van der Waals surface area (Å²) in [5.74, 6) is 1.62. The highest BCUT2D eigenvalue weighted by Crippen LogP contribution is 2.26. The first-order valence-corrected chi connectivity index (χ1v) is 7.57. The Hall–Kier alpha value is -0.120. The third-order valence-electron chi connectivity index (χ3n) is 4.01. The van der Waals surface area contributed by atoms with Crippen molar-refractivity contribution in [2.45, 2.75) is 39.2 Å². The zero-order valence-electron chi connectivity index (χ0n) is 13.1. The topological polar surface area (TPSA) is 18.5 Å². The van der Waals surface area contributed by atoms with Crippen molar-refractivity contribution in [3.05, 3.63) is 0 Å². The number of rotatable bonds is 8. The molecule has 0 saturated heterocycles. The normalized spacial score (nSPS) is 24.7. The molecule has 0 aromatic rings. The number of nitrogens with one attached hydrogen (secondary N) is 1. The maximum Gasteiger partial charge on any atom is 0.0109 e. The van der Waals surface area contributed by atoms with Crippen LogP contribution >= 0.6 is 0 Å². The van der Waals surface area contributed by atoms with Crippen LogP contribution in [0.2, 0.25) is 0 Å². The minimum absolute atomic E-state index is 0.749. The Balaban J connectivity index is 2.43. The van der Waals surface area contributed by atoms with Gasteiger partial charge in [0.15, 0.2) is 0 Å². The van der Waals surface area contributed by atoms with Crippen LogP contribution in [-0.2, 0) is 0 Å². The van der Waals surface area contributed by atoms with Crippen molar-refractivity contribution in [2.75, 3.05) is 47.3 Å². The predicted molar refractivity (Wildman–Crippen MR) is 80.0 cm³/mol. The maximum absolute atomic E-state index is 3.50. The Morgan fingerprint density at radius 2 is 1.89 bits per heavy atom. The van der Waals surface area contributed by atoms with Crippen molar-refractivity contribution in [1.29, 1.82) is 0 Å². The minimum Gasteiger partial charge on any atom is -0.317 e. The highest BCUT2D eigenvalue weighted by molar-refractivity contribution is 4.84. The summed E-state index contributed by atoms with van der Waals surface area (Å²) in [6.45, 7) is 9.54. The number of hydrogen-bond acceptors (Lipinski definition) is 3. The van der Waals surface area contributed by atoms with E-state index in [-0.39, 0.29) is 0 Å². The molecule has 1 rings (SSSR count). The van der Waals surface area contributed by atoms with E-state index < -0.39 is 0 Å². The van der Waals surface area contributed by atoms with E-state index in [0.29, 0.717) is 0 Å². The quantitative estimate of drug-likeness (QED) is 0.714. The first-order chi connectivity index (χ1) is 8.52. The summed E-state index contributed by atoms with van der Waals surface area (Å²) in [7, 11) is 6.45. The summed E-state index contributed by atoms with van der Waals surface area (Å²) in [4.78, 5) is 4.96. The van der Waals surface area contributed by atoms with Gasteiger partial charge in [0.1, 0.15) is 0 Å². The van der Waals surface area contributed by atoms with E-state index in [4.69, 9.17) is 0 Å². The molecular weight excluding hydrogens is 222 g/mol. The van der Waals surface area contributed by atoms with Gasteiger partial charge >= 0.3 is 0 Å². The van der Waals surface area contributed by atoms with Gasteiger partial charge in [-0.25, -0.2) is 0 Å². The smallest absolute Gasteiger partial charge is 0.0109 e. The molecule has 18 heavy (non-hydrogen) atoms. The van der Waals surface area contributed by atoms with E-state index in [1.54, 1.807) is 0 Å². The van der Waals surface area contributed by atoms with Gasteiger partial charge in [-0.1, -0.05) is 20.3 Å². The minimum atomic E-state index is 0.749. The summed E-state index contributed by atoms with van der Waals surface area (Å²) in [5, 5.41) is 3.50. The van der Waals surface area contributed by atoms with Crippen molar-refractivity contribution < 1.29 is 0 Å². The molecule has 1 fully saturated rings. The average molecular weight is 255 g/mol. The van der Waals surface area contributed by atoms with E-state index in [9.17, 15) is 0 Å². The molecule has 3 nitrogen and oxygen atoms in total. The Morgan fingerprint density at radius 3 is 2.44 bits per heavy atom. The van der Waals surface area contributed by atoms with Crippen molar-refractivity contribution in [2.24, 2.45) is 11.8 Å². The van der Waals surface area contributed by atoms with Crippen LogP contribution in [0.3, 0.4) is 0 Å². The summed E-state index contributed by atoms with van der Waals surface area (Å²) in [6.07, 6.45) is 4.17. The molecule has 0 aromatic heterocycles. The molecular formula is C15H33N3. The first-order valence-electron chi connectivity index (χ1n) is 7.57. The third-order valence-corrected chi connectivity index (χ3v) is 4.01. The van der Waals surface area contributed by atoms with E-state index in [0.717, 1.165) is 17.9 Å². The second kappa shape index (κ2) is 8.13. The molecule has 0 aromatic carbocycles. The number of nitrogens with zero attached hydrogens (tertiary/aromatic N) is 2. The van der Waals surface area contributed by atoms with Gasteiger partial charge in [-0.15, -0.1) is 0 Å². The molecule has 108 valence electrons. The van der Waals surface area contributed by atoms with E-state index in [1.165, 1.54) is 45.4 Å². The Bertz CT molecular complexity index is 216. The summed E-state index contributed by atoms with van der Waals surface area (Å²) >= 11 is 0. The van der Waals surface area contributed by atoms with Crippen LogP contribution in [0.4, 0.5) is 0 Å². The average Bonchev–Trinajstić information content (AvgIpc) is 2.72. The van der Waals surface area contributed by atoms with Crippen LogP contribution in [0, 0.1) is 11.8 Å². The molecule has 0 aliphatic heterocycles. The summed E-state index contributed by atoms with van der Waals surface area (Å²) < 4.78 is 0. The standard InChI is InChI=1S/C15H33N3/c1-13(2)11-18(10-9-17(4)5)12-14-7-6-8-15(14)16-3/h13-16H,6-12H2,1-5H3. The molecule has 0 spiro atoms. The molecule has 0 bridgehead atoms. The highest BCUT2D eigenvalue weighted by atomic mass is 15.2. The highest BCUT2D eigenvalue weighted by Gasteiger charge is 2.27. The lowest BCUT2D eigenvalue weighted by Gasteiger charge is -2.30. The van der Waals surface area contributed by atoms with Crippen LogP contribution in [-0.4, -0.2) is 63.2 Å². The SMILES string of the molecule is CNC1CCCC1CN(CCN(C)C)CC(C)C. The molecule has 0 radical (unpaired) electrons. The second-order valence-corrected chi connectivity index (χ2v) is 6.54. The monoisotopic (exact) mass is 255 g/mol. The summed E-state index contributed by atoms with van der Waals surface area (Å²) in [6, 6.07) is 0.749. The first kappa shape index (κ1) is 15.9. The molecule has 2 unspecified atom stereocenters. The maximum atomic E-state index is 3.50. The van der Waals surface area contributed by atoms with Gasteiger partial charge in [-0.05, 0) is 45.8 Å². The van der Waals surface area contributed by atoms with Gasteiger partial charge in [-0.2, -0.15) is 0 Å². The van der Waals surface area contributed by atoms with Gasteiger partial charge in [0.05, 0.1) is 0 Å². The van der Waals surface area contributed by atoms with E-state index in [1.807, 2.05) is 0 Å². The third kappa shape index (κ3) is 5.68. The Labute approximate surface area is 114 Å². The fourth-order valence-corrected chi connectivity index (χ4v) is 3.08. The van der Waals surface area contributed by atoms with Crippen LogP contribution < -0.4 is 5.32 Å². The number of hydrogen-bond donors (Lipinski definition) is 1. The summed E-state index contributed by atoms with van der Waals surface area (Å²) in [5.41, 5.74) is 0. The molecule has 0 amide bonds. The van der Waals surface area contributed by atoms with Gasteiger partial charge in [0.2, 0.25) is 0 Å². The molecule has 1 saturated carbocycles. The fraction of sp³-hybridized carbons (Fsp3) is 1.00. The van der Waals surface area contributed by atoms with Gasteiger partial charge in [-0.3, -0.25) is 0 Å². The van der Waals surface area contributed by atoms with Crippen LogP contribution in [0.15, 0.2) is 0 Å². The van der Waals surface area contributed by atoms with Gasteiger partial charge in [0.25, 0.3) is 0 Å². The molecule has 3 heteroatoms. The number of likely N-dealkylation sites (N-methyl/N-ethyl adjacent to an activating group) is 1. The van der Waals surface area contributed by atoms with Gasteiger partial charge in [0, 0.05) is 32.2 Å². The Kier molecular flexibility index (Phi) is 7.20. The van der Waals surface area contributed by atoms with Crippen LogP contribution in [0.5, 0.6) is 0 Å². The molecule has 2 atom stereocenters. The zero-order chi connectivity index (χ0) is 13.5. The second-order valence-electron chi connectivity index (χ2n) is 6.54. The lowest BCUT2D eigenvalue weighted by atomic mass is 10.0. The molecule has 1 N–H and O–H groups in total. The fourth-order valence-electron chi connectivity index (χ4n) is 3.08. The molecule has 1 aliphatic carbocycles. The van der Waals surface area contributed by atoms with Crippen LogP contribution in [0.25, 0.3) is 0 Å². The molecule has 0 heterocycles. The van der Waals surface area contributed by atoms with Crippen molar-refractivity contribution in [3.63, 3.8) is 0 Å². The predicted octanol–water partition coefficient (Wildman–Crippen LogP) is 1.89. The lowest BCUT2D eigenvalue weighted by Crippen LogP contribution is -2.41. The van der Waals surface area contributed by atoms with Gasteiger partial charge < -0.3 is 15.1 Å². The van der Waals surface area contributed by atoms with Crippen molar-refractivity contribution >= 4 is 0 Å².